The third-order valence-electron chi connectivity index (χ3n) is 3.67. The summed E-state index contributed by atoms with van der Waals surface area (Å²) in [5, 5.41) is 13.0. The quantitative estimate of drug-likeness (QED) is 0.859. The van der Waals surface area contributed by atoms with Gasteiger partial charge in [-0.15, -0.1) is 0 Å². The second-order valence-electron chi connectivity index (χ2n) is 5.21. The van der Waals surface area contributed by atoms with Crippen LogP contribution in [0.15, 0.2) is 24.3 Å². The number of aliphatic hydroxyl groups is 1. The van der Waals surface area contributed by atoms with Gasteiger partial charge in [-0.2, -0.15) is 0 Å². The third-order valence-corrected chi connectivity index (χ3v) is 3.67. The highest BCUT2D eigenvalue weighted by atomic mass is 16.3. The summed E-state index contributed by atoms with van der Waals surface area (Å²) in [4.78, 5) is 11.9. The van der Waals surface area contributed by atoms with Crippen molar-refractivity contribution in [2.24, 2.45) is 0 Å². The molecule has 0 heterocycles. The van der Waals surface area contributed by atoms with Crippen LogP contribution in [0.1, 0.15) is 44.6 Å². The zero-order chi connectivity index (χ0) is 13.0. The Morgan fingerprint density at radius 2 is 1.89 bits per heavy atom. The summed E-state index contributed by atoms with van der Waals surface area (Å²) >= 11 is 0. The number of amides is 1. The minimum atomic E-state index is -0.770. The molecular formula is C15H21NO2. The Kier molecular flexibility index (Phi) is 4.02. The van der Waals surface area contributed by atoms with Crippen LogP contribution >= 0.6 is 0 Å². The molecule has 0 aromatic heterocycles. The van der Waals surface area contributed by atoms with E-state index in [-0.39, 0.29) is 12.3 Å². The average molecular weight is 247 g/mol. The van der Waals surface area contributed by atoms with E-state index in [0.717, 1.165) is 37.8 Å². The molecule has 18 heavy (non-hydrogen) atoms. The van der Waals surface area contributed by atoms with Crippen molar-refractivity contribution in [3.05, 3.63) is 29.8 Å². The fraction of sp³-hybridized carbons (Fsp3) is 0.533. The summed E-state index contributed by atoms with van der Waals surface area (Å²) in [5.74, 6) is -0.0938. The Bertz CT molecular complexity index is 405. The first-order valence-electron chi connectivity index (χ1n) is 6.72. The first-order valence-corrected chi connectivity index (χ1v) is 6.72. The number of carbonyl (C=O) groups is 1. The molecule has 0 spiro atoms. The molecule has 2 rings (SSSR count). The first-order chi connectivity index (χ1) is 8.61. The van der Waals surface area contributed by atoms with Gasteiger partial charge < -0.3 is 10.4 Å². The fourth-order valence-electron chi connectivity index (χ4n) is 2.54. The predicted octanol–water partition coefficient (Wildman–Crippen LogP) is 2.88. The molecule has 1 saturated carbocycles. The van der Waals surface area contributed by atoms with E-state index in [2.05, 4.69) is 12.2 Å². The van der Waals surface area contributed by atoms with Crippen LogP contribution in [0.2, 0.25) is 0 Å². The summed E-state index contributed by atoms with van der Waals surface area (Å²) in [7, 11) is 0. The summed E-state index contributed by atoms with van der Waals surface area (Å²) < 4.78 is 0. The van der Waals surface area contributed by atoms with Crippen LogP contribution in [-0.2, 0) is 11.2 Å². The zero-order valence-corrected chi connectivity index (χ0v) is 10.9. The van der Waals surface area contributed by atoms with Gasteiger partial charge >= 0.3 is 0 Å². The second-order valence-corrected chi connectivity index (χ2v) is 5.21. The van der Waals surface area contributed by atoms with Crippen molar-refractivity contribution in [3.63, 3.8) is 0 Å². The third kappa shape index (κ3) is 3.33. The first kappa shape index (κ1) is 13.1. The number of hydrogen-bond donors (Lipinski definition) is 2. The molecule has 1 amide bonds. The predicted molar refractivity (Wildman–Crippen MR) is 72.5 cm³/mol. The molecule has 3 heteroatoms. The molecule has 0 aliphatic heterocycles. The highest BCUT2D eigenvalue weighted by Crippen LogP contribution is 2.32. The van der Waals surface area contributed by atoms with Crippen LogP contribution in [0.5, 0.6) is 0 Å². The smallest absolute Gasteiger partial charge is 0.227 e. The lowest BCUT2D eigenvalue weighted by atomic mass is 9.97. The van der Waals surface area contributed by atoms with Crippen LogP contribution < -0.4 is 5.32 Å². The fourth-order valence-corrected chi connectivity index (χ4v) is 2.54. The number of hydrogen-bond acceptors (Lipinski definition) is 2. The number of aryl methyl sites for hydroxylation is 1. The molecule has 1 aliphatic carbocycles. The molecular weight excluding hydrogens is 226 g/mol. The van der Waals surface area contributed by atoms with E-state index in [1.807, 2.05) is 24.3 Å². The summed E-state index contributed by atoms with van der Waals surface area (Å²) in [6.45, 7) is 2.10. The van der Waals surface area contributed by atoms with Crippen molar-refractivity contribution in [1.29, 1.82) is 0 Å². The lowest BCUT2D eigenvalue weighted by Crippen LogP contribution is -2.30. The van der Waals surface area contributed by atoms with Gasteiger partial charge in [-0.25, -0.2) is 0 Å². The topological polar surface area (TPSA) is 49.3 Å². The largest absolute Gasteiger partial charge is 0.389 e. The van der Waals surface area contributed by atoms with Crippen LogP contribution in [0.25, 0.3) is 0 Å². The number of rotatable bonds is 4. The van der Waals surface area contributed by atoms with E-state index in [4.69, 9.17) is 0 Å². The van der Waals surface area contributed by atoms with Gasteiger partial charge in [0.05, 0.1) is 12.0 Å². The van der Waals surface area contributed by atoms with Gasteiger partial charge in [0.15, 0.2) is 0 Å². The molecule has 0 bridgehead atoms. The molecule has 0 radical (unpaired) electrons. The van der Waals surface area contributed by atoms with E-state index >= 15 is 0 Å². The van der Waals surface area contributed by atoms with Crippen LogP contribution in [0, 0.1) is 0 Å². The normalized spacial score (nSPS) is 17.7. The molecule has 1 aromatic carbocycles. The van der Waals surface area contributed by atoms with Gasteiger partial charge in [0, 0.05) is 5.69 Å². The van der Waals surface area contributed by atoms with Gasteiger partial charge in [0.25, 0.3) is 0 Å². The van der Waals surface area contributed by atoms with E-state index in [1.165, 1.54) is 5.56 Å². The molecule has 3 nitrogen and oxygen atoms in total. The SMILES string of the molecule is CCc1ccc(NC(=O)CC2(O)CCCC2)cc1. The van der Waals surface area contributed by atoms with Crippen LogP contribution in [0.3, 0.4) is 0 Å². The summed E-state index contributed by atoms with van der Waals surface area (Å²) in [6, 6.07) is 7.85. The molecule has 0 saturated heterocycles. The second kappa shape index (κ2) is 5.53. The average Bonchev–Trinajstić information content (AvgIpc) is 2.76. The van der Waals surface area contributed by atoms with Crippen LogP contribution in [0.4, 0.5) is 5.69 Å². The lowest BCUT2D eigenvalue weighted by molar-refractivity contribution is -0.120. The molecule has 0 unspecified atom stereocenters. The maximum atomic E-state index is 11.9. The van der Waals surface area contributed by atoms with Crippen molar-refractivity contribution in [2.45, 2.75) is 51.0 Å². The Morgan fingerprint density at radius 3 is 2.44 bits per heavy atom. The van der Waals surface area contributed by atoms with Crippen molar-refractivity contribution in [2.75, 3.05) is 5.32 Å². The molecule has 1 aromatic rings. The Labute approximate surface area is 108 Å². The Hall–Kier alpha value is -1.35. The standard InChI is InChI=1S/C15H21NO2/c1-2-12-5-7-13(8-6-12)16-14(17)11-15(18)9-3-4-10-15/h5-8,18H,2-4,9-11H2,1H3,(H,16,17). The molecule has 1 aliphatic rings. The zero-order valence-electron chi connectivity index (χ0n) is 10.9. The highest BCUT2D eigenvalue weighted by Gasteiger charge is 2.33. The van der Waals surface area contributed by atoms with Crippen molar-refractivity contribution in [3.8, 4) is 0 Å². The van der Waals surface area contributed by atoms with Gasteiger partial charge in [0.1, 0.15) is 0 Å². The van der Waals surface area contributed by atoms with E-state index in [1.54, 1.807) is 0 Å². The van der Waals surface area contributed by atoms with Crippen molar-refractivity contribution >= 4 is 11.6 Å². The lowest BCUT2D eigenvalue weighted by Gasteiger charge is -2.21. The highest BCUT2D eigenvalue weighted by molar-refractivity contribution is 5.91. The minimum absolute atomic E-state index is 0.0938. The van der Waals surface area contributed by atoms with Gasteiger partial charge in [0.2, 0.25) is 5.91 Å². The van der Waals surface area contributed by atoms with E-state index in [9.17, 15) is 9.90 Å². The maximum absolute atomic E-state index is 11.9. The maximum Gasteiger partial charge on any atom is 0.227 e. The monoisotopic (exact) mass is 247 g/mol. The van der Waals surface area contributed by atoms with Crippen molar-refractivity contribution < 1.29 is 9.90 Å². The van der Waals surface area contributed by atoms with E-state index < -0.39 is 5.60 Å². The Morgan fingerprint density at radius 1 is 1.28 bits per heavy atom. The molecule has 2 N–H and O–H groups in total. The number of benzene rings is 1. The minimum Gasteiger partial charge on any atom is -0.389 e. The number of anilines is 1. The van der Waals surface area contributed by atoms with Gasteiger partial charge in [-0.1, -0.05) is 31.9 Å². The summed E-state index contributed by atoms with van der Waals surface area (Å²) in [5.41, 5.74) is 1.29. The van der Waals surface area contributed by atoms with Gasteiger partial charge in [-0.3, -0.25) is 4.79 Å². The molecule has 0 atom stereocenters. The molecule has 1 fully saturated rings. The molecule has 98 valence electrons. The summed E-state index contributed by atoms with van der Waals surface area (Å²) in [6.07, 6.45) is 4.74. The Balaban J connectivity index is 1.90. The number of nitrogens with one attached hydrogen (secondary N) is 1. The van der Waals surface area contributed by atoms with Crippen LogP contribution in [-0.4, -0.2) is 16.6 Å². The number of carbonyl (C=O) groups excluding carboxylic acids is 1. The van der Waals surface area contributed by atoms with Gasteiger partial charge in [-0.05, 0) is 37.0 Å². The van der Waals surface area contributed by atoms with E-state index in [0.29, 0.717) is 0 Å². The van der Waals surface area contributed by atoms with Crippen molar-refractivity contribution in [1.82, 2.24) is 0 Å².